The van der Waals surface area contributed by atoms with Crippen LogP contribution in [0.3, 0.4) is 0 Å². The molecule has 2 unspecified atom stereocenters. The van der Waals surface area contributed by atoms with Gasteiger partial charge in [0.15, 0.2) is 0 Å². The Morgan fingerprint density at radius 3 is 1.96 bits per heavy atom. The number of hydrogen-bond donors (Lipinski definition) is 0. The average Bonchev–Trinajstić information content (AvgIpc) is 3.85. The van der Waals surface area contributed by atoms with Gasteiger partial charge in [0.25, 0.3) is 0 Å². The van der Waals surface area contributed by atoms with Crippen molar-refractivity contribution < 1.29 is 0 Å². The molecule has 0 bridgehead atoms. The van der Waals surface area contributed by atoms with Gasteiger partial charge in [0, 0.05) is 49.9 Å². The fourth-order valence-electron chi connectivity index (χ4n) is 15.1. The van der Waals surface area contributed by atoms with Crippen molar-refractivity contribution in [2.75, 3.05) is 9.71 Å². The third-order valence-corrected chi connectivity index (χ3v) is 19.1. The zero-order chi connectivity index (χ0) is 45.9. The molecule has 3 aliphatic heterocycles. The second-order valence-electron chi connectivity index (χ2n) is 24.0. The van der Waals surface area contributed by atoms with Crippen molar-refractivity contribution in [3.8, 4) is 27.9 Å². The lowest BCUT2D eigenvalue weighted by atomic mass is 9.43. The number of nitrogens with zero attached hydrogens (tertiary/aromatic N) is 3. The van der Waals surface area contributed by atoms with E-state index in [0.29, 0.717) is 0 Å². The highest BCUT2D eigenvalue weighted by Gasteiger charge is 2.58. The van der Waals surface area contributed by atoms with E-state index in [-0.39, 0.29) is 34.0 Å². The van der Waals surface area contributed by atoms with Crippen LogP contribution in [0.2, 0.25) is 0 Å². The molecule has 0 spiro atoms. The Kier molecular flexibility index (Phi) is 7.63. The minimum atomic E-state index is -0.173. The van der Waals surface area contributed by atoms with E-state index in [1.54, 1.807) is 5.56 Å². The van der Waals surface area contributed by atoms with Gasteiger partial charge < -0.3 is 14.3 Å². The SMILES string of the molecule is Cc1ccc(N2B3c4cc(C)ccc4-n4c5ccccc5c5c(N6c7ccccc7C7(C)CCCCC67C)cc(c3c54)-c3cc4c(cc32)C(C)(C)c2cc3c(cc2-4)C(C)(C)CCC3(C)C)cc1. The van der Waals surface area contributed by atoms with Crippen LogP contribution >= 0.6 is 0 Å². The molecular weight excluding hydrogens is 810 g/mol. The largest absolute Gasteiger partial charge is 0.376 e. The molecule has 6 aliphatic rings. The van der Waals surface area contributed by atoms with Gasteiger partial charge >= 0.3 is 6.85 Å². The van der Waals surface area contributed by atoms with E-state index in [0.717, 1.165) is 6.42 Å². The second kappa shape index (κ2) is 12.8. The number of aromatic nitrogens is 1. The lowest BCUT2D eigenvalue weighted by molar-refractivity contribution is 0.195. The molecule has 1 aromatic heterocycles. The van der Waals surface area contributed by atoms with E-state index >= 15 is 0 Å². The predicted molar refractivity (Wildman–Crippen MR) is 285 cm³/mol. The first kappa shape index (κ1) is 40.1. The molecule has 4 heteroatoms. The molecule has 0 saturated heterocycles. The molecule has 0 radical (unpaired) electrons. The van der Waals surface area contributed by atoms with Gasteiger partial charge in [0.1, 0.15) is 0 Å². The molecule has 332 valence electrons. The van der Waals surface area contributed by atoms with Crippen molar-refractivity contribution in [1.82, 2.24) is 4.57 Å². The number of para-hydroxylation sites is 2. The maximum atomic E-state index is 2.86. The Hall–Kier alpha value is -6.00. The number of aryl methyl sites for hydroxylation is 2. The average molecular weight is 872 g/mol. The third kappa shape index (κ3) is 4.85. The van der Waals surface area contributed by atoms with Crippen LogP contribution in [0.15, 0.2) is 121 Å². The Morgan fingerprint density at radius 1 is 0.493 bits per heavy atom. The van der Waals surface area contributed by atoms with Crippen molar-refractivity contribution in [3.05, 3.63) is 160 Å². The van der Waals surface area contributed by atoms with Gasteiger partial charge in [-0.1, -0.05) is 139 Å². The Bertz CT molecular complexity index is 3530. The van der Waals surface area contributed by atoms with E-state index in [2.05, 4.69) is 205 Å². The minimum absolute atomic E-state index is 0.0317. The maximum Gasteiger partial charge on any atom is 0.333 e. The second-order valence-corrected chi connectivity index (χ2v) is 24.0. The van der Waals surface area contributed by atoms with Crippen LogP contribution < -0.4 is 20.6 Å². The number of rotatable bonds is 2. The van der Waals surface area contributed by atoms with Crippen molar-refractivity contribution in [2.24, 2.45) is 0 Å². The summed E-state index contributed by atoms with van der Waals surface area (Å²) in [4.78, 5) is 5.61. The first-order chi connectivity index (χ1) is 32.0. The van der Waals surface area contributed by atoms with Crippen molar-refractivity contribution in [1.29, 1.82) is 0 Å². The summed E-state index contributed by atoms with van der Waals surface area (Å²) < 4.78 is 2.67. The van der Waals surface area contributed by atoms with Crippen molar-refractivity contribution >= 4 is 62.3 Å². The van der Waals surface area contributed by atoms with Gasteiger partial charge in [-0.3, -0.25) is 0 Å². The summed E-state index contributed by atoms with van der Waals surface area (Å²) in [6, 6.07) is 48.7. The molecule has 8 aromatic rings. The van der Waals surface area contributed by atoms with Crippen LogP contribution in [-0.4, -0.2) is 17.0 Å². The molecule has 0 amide bonds. The summed E-state index contributed by atoms with van der Waals surface area (Å²) in [5.41, 5.74) is 27.7. The zero-order valence-corrected chi connectivity index (χ0v) is 41.2. The fraction of sp³-hybridized carbons (Fsp3) is 0.333. The molecule has 3 nitrogen and oxygen atoms in total. The molecule has 1 saturated carbocycles. The van der Waals surface area contributed by atoms with Crippen LogP contribution in [0, 0.1) is 13.8 Å². The van der Waals surface area contributed by atoms with Gasteiger partial charge in [-0.05, 0) is 167 Å². The molecule has 0 N–H and O–H groups in total. The summed E-state index contributed by atoms with van der Waals surface area (Å²) in [6.45, 7) is 24.6. The summed E-state index contributed by atoms with van der Waals surface area (Å²) in [6.07, 6.45) is 7.30. The van der Waals surface area contributed by atoms with Crippen LogP contribution in [0.4, 0.5) is 22.7 Å². The van der Waals surface area contributed by atoms with Crippen LogP contribution in [-0.2, 0) is 21.7 Å². The quantitative estimate of drug-likeness (QED) is 0.160. The standard InChI is InChI=1S/C63H62BN3/c1-37-21-24-39(25-22-37)67-54-36-47-41(42-33-48-49(35-46(42)61(47,7)8)60(5,6)30-29-59(48,3)4)32-43(54)44-34-55(66-52-20-14-12-18-45(52)62(9)27-15-16-28-63(62,66)10)56-40-17-11-13-19-51(40)65-53-26-23-38(2)31-50(53)64(67)57(44)58(56)65/h11-14,17-26,31-36H,15-16,27-30H2,1-10H3. The predicted octanol–water partition coefficient (Wildman–Crippen LogP) is 15.0. The van der Waals surface area contributed by atoms with Gasteiger partial charge in [0.2, 0.25) is 0 Å². The van der Waals surface area contributed by atoms with Gasteiger partial charge in [-0.2, -0.15) is 0 Å². The summed E-state index contributed by atoms with van der Waals surface area (Å²) in [5, 5.41) is 2.72. The summed E-state index contributed by atoms with van der Waals surface area (Å²) >= 11 is 0. The van der Waals surface area contributed by atoms with Crippen LogP contribution in [0.5, 0.6) is 0 Å². The number of anilines is 4. The zero-order valence-electron chi connectivity index (χ0n) is 41.2. The topological polar surface area (TPSA) is 11.4 Å². The summed E-state index contributed by atoms with van der Waals surface area (Å²) in [5.74, 6) is 0. The molecule has 4 heterocycles. The van der Waals surface area contributed by atoms with Gasteiger partial charge in [-0.15, -0.1) is 0 Å². The Labute approximate surface area is 397 Å². The normalized spacial score (nSPS) is 22.8. The van der Waals surface area contributed by atoms with E-state index in [9.17, 15) is 0 Å². The van der Waals surface area contributed by atoms with Gasteiger partial charge in [0.05, 0.1) is 22.3 Å². The first-order valence-electron chi connectivity index (χ1n) is 25.4. The minimum Gasteiger partial charge on any atom is -0.376 e. The highest BCUT2D eigenvalue weighted by atomic mass is 15.3. The van der Waals surface area contributed by atoms with Crippen molar-refractivity contribution in [2.45, 2.75) is 135 Å². The Balaban J connectivity index is 1.15. The molecule has 3 aliphatic carbocycles. The molecule has 67 heavy (non-hydrogen) atoms. The van der Waals surface area contributed by atoms with Gasteiger partial charge in [-0.25, -0.2) is 0 Å². The molecular formula is C63H62BN3. The summed E-state index contributed by atoms with van der Waals surface area (Å²) in [7, 11) is 0. The fourth-order valence-corrected chi connectivity index (χ4v) is 15.1. The molecule has 1 fully saturated rings. The molecule has 14 rings (SSSR count). The van der Waals surface area contributed by atoms with Crippen molar-refractivity contribution in [3.63, 3.8) is 0 Å². The lowest BCUT2D eigenvalue weighted by Crippen LogP contribution is -2.61. The Morgan fingerprint density at radius 2 is 1.16 bits per heavy atom. The lowest BCUT2D eigenvalue weighted by Gasteiger charge is -2.51. The van der Waals surface area contributed by atoms with Crippen LogP contribution in [0.1, 0.15) is 133 Å². The van der Waals surface area contributed by atoms with E-state index in [4.69, 9.17) is 0 Å². The van der Waals surface area contributed by atoms with E-state index in [1.807, 2.05) is 0 Å². The van der Waals surface area contributed by atoms with E-state index < -0.39 is 0 Å². The number of hydrogen-bond acceptors (Lipinski definition) is 2. The monoisotopic (exact) mass is 872 g/mol. The molecule has 7 aromatic carbocycles. The third-order valence-electron chi connectivity index (χ3n) is 19.1. The highest BCUT2D eigenvalue weighted by molar-refractivity contribution is 6.93. The number of fused-ring (bicyclic) bond motifs is 15. The van der Waals surface area contributed by atoms with E-state index in [1.165, 1.54) is 149 Å². The smallest absolute Gasteiger partial charge is 0.333 e. The highest BCUT2D eigenvalue weighted by Crippen LogP contribution is 2.63. The van der Waals surface area contributed by atoms with Crippen LogP contribution in [0.25, 0.3) is 49.7 Å². The molecule has 2 atom stereocenters. The maximum absolute atomic E-state index is 2.86. The first-order valence-corrected chi connectivity index (χ1v) is 25.4. The number of benzene rings is 7.